The molecule has 4 aromatic rings. The smallest absolute Gasteiger partial charge is 0.00629 e. The summed E-state index contributed by atoms with van der Waals surface area (Å²) in [4.78, 5) is 0. The summed E-state index contributed by atoms with van der Waals surface area (Å²) in [7, 11) is 2.36. The minimum Gasteiger partial charge on any atom is -0.129 e. The molecule has 0 bridgehead atoms. The van der Waals surface area contributed by atoms with Gasteiger partial charge in [-0.2, -0.15) is 0 Å². The summed E-state index contributed by atoms with van der Waals surface area (Å²) in [6.07, 6.45) is 1.16. The van der Waals surface area contributed by atoms with E-state index in [1.54, 1.807) is 0 Å². The van der Waals surface area contributed by atoms with Gasteiger partial charge in [0, 0.05) is 5.40 Å². The van der Waals surface area contributed by atoms with E-state index in [1.807, 2.05) is 0 Å². The Bertz CT molecular complexity index is 910. The van der Waals surface area contributed by atoms with Gasteiger partial charge >= 0.3 is 0 Å². The molecular weight excluding hydrogens is 405 g/mol. The van der Waals surface area contributed by atoms with Gasteiger partial charge in [-0.25, -0.2) is 0 Å². The molecule has 2 atom stereocenters. The molecule has 0 spiro atoms. The quantitative estimate of drug-likeness (QED) is 0.342. The van der Waals surface area contributed by atoms with Crippen LogP contribution in [0.1, 0.15) is 0 Å². The molecule has 0 fully saturated rings. The van der Waals surface area contributed by atoms with Crippen LogP contribution >= 0.6 is 25.1 Å². The Morgan fingerprint density at radius 3 is 1.14 bits per heavy atom. The van der Waals surface area contributed by atoms with E-state index in [0.717, 1.165) is 6.16 Å². The molecule has 4 aromatic carbocycles. The fraction of sp³-hybridized carbons (Fsp3) is 0.0769. The molecule has 144 valence electrons. The van der Waals surface area contributed by atoms with Crippen molar-refractivity contribution in [2.24, 2.45) is 0 Å². The van der Waals surface area contributed by atoms with Crippen LogP contribution in [0.15, 0.2) is 121 Å². The Labute approximate surface area is 179 Å². The average molecular weight is 430 g/mol. The third kappa shape index (κ3) is 5.21. The zero-order valence-electron chi connectivity index (χ0n) is 16.3. The van der Waals surface area contributed by atoms with Gasteiger partial charge in [0.15, 0.2) is 0 Å². The maximum Gasteiger partial charge on any atom is 0.00629 e. The maximum absolute atomic E-state index is 3.21. The molecule has 0 aliphatic heterocycles. The lowest BCUT2D eigenvalue weighted by molar-refractivity contribution is 1.41. The van der Waals surface area contributed by atoms with Gasteiger partial charge < -0.3 is 0 Å². The highest BCUT2D eigenvalue weighted by molar-refractivity contribution is 7.80. The first-order valence-electron chi connectivity index (χ1n) is 9.85. The zero-order valence-corrected chi connectivity index (χ0v) is 19.2. The zero-order chi connectivity index (χ0) is 19.9. The standard InChI is InChI=1S/C26H25P3/c27-26(29(24-17-9-3-10-18-24)25-19-11-4-12-20-25)21-28(22-13-5-1-6-14-22)23-15-7-2-8-16-23/h1-20,26H,21,27H2. The minimum absolute atomic E-state index is 0.408. The number of benzene rings is 4. The molecule has 0 N–H and O–H groups in total. The van der Waals surface area contributed by atoms with E-state index in [4.69, 9.17) is 0 Å². The third-order valence-corrected chi connectivity index (χ3v) is 11.9. The summed E-state index contributed by atoms with van der Waals surface area (Å²) < 4.78 is 0. The van der Waals surface area contributed by atoms with Gasteiger partial charge in [-0.15, -0.1) is 9.24 Å². The summed E-state index contributed by atoms with van der Waals surface area (Å²) >= 11 is 0. The Hall–Kier alpha value is -1.83. The van der Waals surface area contributed by atoms with Crippen LogP contribution in [0.4, 0.5) is 0 Å². The SMILES string of the molecule is PC(CP(c1ccccc1)c1ccccc1)P(c1ccccc1)c1ccccc1. The normalized spacial score (nSPS) is 12.2. The summed E-state index contributed by atoms with van der Waals surface area (Å²) in [6, 6.07) is 44.2. The van der Waals surface area contributed by atoms with Crippen molar-refractivity contribution in [1.82, 2.24) is 0 Å². The second kappa shape index (κ2) is 10.3. The Morgan fingerprint density at radius 2 is 0.793 bits per heavy atom. The van der Waals surface area contributed by atoms with Crippen LogP contribution in [-0.2, 0) is 0 Å². The average Bonchev–Trinajstić information content (AvgIpc) is 2.80. The van der Waals surface area contributed by atoms with Gasteiger partial charge in [0.2, 0.25) is 0 Å². The van der Waals surface area contributed by atoms with Crippen molar-refractivity contribution >= 4 is 46.3 Å². The van der Waals surface area contributed by atoms with Gasteiger partial charge in [-0.05, 0) is 43.2 Å². The number of hydrogen-bond acceptors (Lipinski definition) is 0. The highest BCUT2D eigenvalue weighted by atomic mass is 31.2. The molecule has 0 heterocycles. The van der Waals surface area contributed by atoms with Crippen molar-refractivity contribution in [3.63, 3.8) is 0 Å². The predicted octanol–water partition coefficient (Wildman–Crippen LogP) is 5.45. The lowest BCUT2D eigenvalue weighted by atomic mass is 10.4. The van der Waals surface area contributed by atoms with Crippen molar-refractivity contribution in [2.75, 3.05) is 6.16 Å². The van der Waals surface area contributed by atoms with E-state index in [9.17, 15) is 0 Å². The van der Waals surface area contributed by atoms with E-state index in [1.165, 1.54) is 21.2 Å². The van der Waals surface area contributed by atoms with Crippen LogP contribution in [0, 0.1) is 0 Å². The van der Waals surface area contributed by atoms with Gasteiger partial charge in [-0.3, -0.25) is 0 Å². The van der Waals surface area contributed by atoms with Crippen LogP contribution in [-0.4, -0.2) is 11.6 Å². The first-order chi connectivity index (χ1) is 14.3. The fourth-order valence-corrected chi connectivity index (χ4v) is 10.6. The van der Waals surface area contributed by atoms with E-state index >= 15 is 0 Å². The van der Waals surface area contributed by atoms with Crippen LogP contribution in [0.2, 0.25) is 0 Å². The Morgan fingerprint density at radius 1 is 0.483 bits per heavy atom. The molecule has 29 heavy (non-hydrogen) atoms. The molecule has 0 amide bonds. The first kappa shape index (κ1) is 20.4. The lowest BCUT2D eigenvalue weighted by Crippen LogP contribution is -2.23. The van der Waals surface area contributed by atoms with Crippen molar-refractivity contribution in [3.05, 3.63) is 121 Å². The molecule has 0 aromatic heterocycles. The van der Waals surface area contributed by atoms with Crippen LogP contribution in [0.5, 0.6) is 0 Å². The van der Waals surface area contributed by atoms with Crippen molar-refractivity contribution in [1.29, 1.82) is 0 Å². The molecule has 3 heteroatoms. The Kier molecular flexibility index (Phi) is 7.24. The highest BCUT2D eigenvalue weighted by Crippen LogP contribution is 2.49. The van der Waals surface area contributed by atoms with Gasteiger partial charge in [-0.1, -0.05) is 121 Å². The van der Waals surface area contributed by atoms with Crippen LogP contribution in [0.25, 0.3) is 0 Å². The molecule has 0 aliphatic carbocycles. The molecule has 2 unspecified atom stereocenters. The van der Waals surface area contributed by atoms with E-state index in [0.29, 0.717) is 5.40 Å². The molecule has 0 saturated carbocycles. The van der Waals surface area contributed by atoms with E-state index in [-0.39, 0.29) is 0 Å². The molecule has 0 aliphatic rings. The maximum atomic E-state index is 3.21. The predicted molar refractivity (Wildman–Crippen MR) is 137 cm³/mol. The third-order valence-electron chi connectivity index (χ3n) is 4.91. The van der Waals surface area contributed by atoms with E-state index < -0.39 is 15.8 Å². The van der Waals surface area contributed by atoms with Crippen LogP contribution < -0.4 is 21.2 Å². The second-order valence-electron chi connectivity index (χ2n) is 6.89. The largest absolute Gasteiger partial charge is 0.129 e. The lowest BCUT2D eigenvalue weighted by Gasteiger charge is -2.29. The second-order valence-corrected chi connectivity index (χ2v) is 12.9. The topological polar surface area (TPSA) is 0 Å². The summed E-state index contributed by atoms with van der Waals surface area (Å²) in [6.45, 7) is 0. The summed E-state index contributed by atoms with van der Waals surface area (Å²) in [5.41, 5.74) is 0. The van der Waals surface area contributed by atoms with Gasteiger partial charge in [0.1, 0.15) is 0 Å². The molecule has 0 radical (unpaired) electrons. The van der Waals surface area contributed by atoms with Crippen molar-refractivity contribution < 1.29 is 0 Å². The van der Waals surface area contributed by atoms with Gasteiger partial charge in [0.25, 0.3) is 0 Å². The fourth-order valence-electron chi connectivity index (χ4n) is 3.55. The van der Waals surface area contributed by atoms with Crippen LogP contribution in [0.3, 0.4) is 0 Å². The monoisotopic (exact) mass is 430 g/mol. The van der Waals surface area contributed by atoms with Gasteiger partial charge in [0.05, 0.1) is 0 Å². The molecule has 4 rings (SSSR count). The van der Waals surface area contributed by atoms with Crippen molar-refractivity contribution in [3.8, 4) is 0 Å². The highest BCUT2D eigenvalue weighted by Gasteiger charge is 2.25. The first-order valence-corrected chi connectivity index (χ1v) is 13.5. The minimum atomic E-state index is -0.446. The number of hydrogen-bond donors (Lipinski definition) is 0. The van der Waals surface area contributed by atoms with Crippen molar-refractivity contribution in [2.45, 2.75) is 5.40 Å². The molecular formula is C26H25P3. The summed E-state index contributed by atoms with van der Waals surface area (Å²) in [5, 5.41) is 6.31. The molecule has 0 nitrogen and oxygen atoms in total. The summed E-state index contributed by atoms with van der Waals surface area (Å²) in [5.74, 6) is 0. The molecule has 0 saturated heterocycles. The Balaban J connectivity index is 1.70. The van der Waals surface area contributed by atoms with E-state index in [2.05, 4.69) is 131 Å². The number of rotatable bonds is 7.